The van der Waals surface area contributed by atoms with Crippen molar-refractivity contribution in [1.82, 2.24) is 19.5 Å². The van der Waals surface area contributed by atoms with E-state index in [4.69, 9.17) is 11.6 Å². The SMILES string of the molecule is CO/N=C(\C(=O)NC1C(=O)N(S(=O)(=O)O)C1C(=O)N(C)C)c1csc(NC(=O)CCl)n1. The van der Waals surface area contributed by atoms with Crippen LogP contribution in [0.1, 0.15) is 5.69 Å². The number of oxime groups is 1. The summed E-state index contributed by atoms with van der Waals surface area (Å²) in [4.78, 5) is 58.2. The van der Waals surface area contributed by atoms with Gasteiger partial charge in [-0.05, 0) is 0 Å². The van der Waals surface area contributed by atoms with Crippen LogP contribution in [-0.2, 0) is 34.3 Å². The third-order valence-electron chi connectivity index (χ3n) is 3.79. The number of thiazole rings is 1. The van der Waals surface area contributed by atoms with E-state index < -0.39 is 51.7 Å². The quantitative estimate of drug-likeness (QED) is 0.123. The third kappa shape index (κ3) is 5.27. The standard InChI is InChI=1S/C14H17ClN6O8S2/c1-20(2)13(25)10-9(12(24)21(10)31(26,27)28)18-11(23)8(19-29-3)6-5-30-14(16-6)17-7(22)4-15/h5,9-10H,4H2,1-3H3,(H,18,23)(H,16,17,22)(H,26,27,28)/b19-8-. The Morgan fingerprint density at radius 2 is 2.06 bits per heavy atom. The highest BCUT2D eigenvalue weighted by Gasteiger charge is 2.58. The van der Waals surface area contributed by atoms with Crippen molar-refractivity contribution in [3.05, 3.63) is 11.1 Å². The highest BCUT2D eigenvalue weighted by atomic mass is 35.5. The first-order chi connectivity index (χ1) is 14.4. The first-order valence-electron chi connectivity index (χ1n) is 8.18. The van der Waals surface area contributed by atoms with Gasteiger partial charge in [-0.2, -0.15) is 12.7 Å². The van der Waals surface area contributed by atoms with E-state index in [9.17, 15) is 32.1 Å². The van der Waals surface area contributed by atoms with Gasteiger partial charge in [0.25, 0.3) is 11.8 Å². The molecule has 0 aromatic carbocycles. The average Bonchev–Trinajstić information content (AvgIpc) is 3.13. The highest BCUT2D eigenvalue weighted by Crippen LogP contribution is 2.25. The molecule has 0 bridgehead atoms. The predicted octanol–water partition coefficient (Wildman–Crippen LogP) is -1.74. The van der Waals surface area contributed by atoms with Crippen molar-refractivity contribution in [1.29, 1.82) is 0 Å². The summed E-state index contributed by atoms with van der Waals surface area (Å²) in [6, 6.07) is -3.29. The molecule has 1 aliphatic heterocycles. The molecule has 0 radical (unpaired) electrons. The first-order valence-corrected chi connectivity index (χ1v) is 11.0. The second kappa shape index (κ2) is 9.54. The first kappa shape index (κ1) is 24.4. The van der Waals surface area contributed by atoms with E-state index >= 15 is 0 Å². The average molecular weight is 497 g/mol. The Balaban J connectivity index is 2.27. The monoisotopic (exact) mass is 496 g/mol. The van der Waals surface area contributed by atoms with E-state index in [0.29, 0.717) is 0 Å². The van der Waals surface area contributed by atoms with E-state index in [-0.39, 0.29) is 21.0 Å². The molecule has 2 unspecified atom stereocenters. The van der Waals surface area contributed by atoms with Gasteiger partial charge >= 0.3 is 10.3 Å². The minimum atomic E-state index is -5.04. The number of nitrogens with zero attached hydrogens (tertiary/aromatic N) is 4. The van der Waals surface area contributed by atoms with Crippen LogP contribution >= 0.6 is 22.9 Å². The summed E-state index contributed by atoms with van der Waals surface area (Å²) in [5, 5.41) is 9.57. The van der Waals surface area contributed by atoms with Gasteiger partial charge in [-0.3, -0.25) is 23.7 Å². The molecule has 14 nitrogen and oxygen atoms in total. The van der Waals surface area contributed by atoms with Crippen molar-refractivity contribution in [3.63, 3.8) is 0 Å². The van der Waals surface area contributed by atoms with Crippen LogP contribution in [0.2, 0.25) is 0 Å². The number of rotatable bonds is 8. The summed E-state index contributed by atoms with van der Waals surface area (Å²) >= 11 is 6.35. The van der Waals surface area contributed by atoms with Gasteiger partial charge in [0.1, 0.15) is 24.7 Å². The van der Waals surface area contributed by atoms with Crippen LogP contribution in [0, 0.1) is 0 Å². The van der Waals surface area contributed by atoms with Gasteiger partial charge in [0.05, 0.1) is 0 Å². The molecule has 0 spiro atoms. The predicted molar refractivity (Wildman–Crippen MR) is 108 cm³/mol. The number of aromatic nitrogens is 1. The molecule has 1 saturated heterocycles. The fraction of sp³-hybridized carbons (Fsp3) is 0.429. The van der Waals surface area contributed by atoms with Crippen molar-refractivity contribution >= 4 is 67.7 Å². The summed E-state index contributed by atoms with van der Waals surface area (Å²) in [5.74, 6) is -3.95. The van der Waals surface area contributed by atoms with E-state index in [1.165, 1.54) is 19.5 Å². The van der Waals surface area contributed by atoms with E-state index in [2.05, 4.69) is 25.6 Å². The Bertz CT molecular complexity index is 1040. The number of hydrogen-bond acceptors (Lipinski definition) is 10. The van der Waals surface area contributed by atoms with Crippen LogP contribution in [0.3, 0.4) is 0 Å². The molecule has 170 valence electrons. The smallest absolute Gasteiger partial charge is 0.363 e. The second-order valence-electron chi connectivity index (χ2n) is 6.08. The molecule has 3 N–H and O–H groups in total. The molecule has 0 saturated carbocycles. The summed E-state index contributed by atoms with van der Waals surface area (Å²) < 4.78 is 32.1. The van der Waals surface area contributed by atoms with Crippen LogP contribution in [0.25, 0.3) is 0 Å². The normalized spacial score (nSPS) is 18.8. The number of halogens is 1. The largest absolute Gasteiger partial charge is 0.398 e. The maximum atomic E-state index is 12.7. The number of amides is 4. The highest BCUT2D eigenvalue weighted by molar-refractivity contribution is 7.84. The van der Waals surface area contributed by atoms with Gasteiger partial charge in [-0.1, -0.05) is 5.16 Å². The van der Waals surface area contributed by atoms with Crippen molar-refractivity contribution in [2.75, 3.05) is 32.4 Å². The van der Waals surface area contributed by atoms with Crippen LogP contribution in [0.4, 0.5) is 5.13 Å². The number of likely N-dealkylation sites (N-methyl/N-ethyl adjacent to an activating group) is 1. The molecular weight excluding hydrogens is 480 g/mol. The van der Waals surface area contributed by atoms with E-state index in [1.54, 1.807) is 0 Å². The lowest BCUT2D eigenvalue weighted by molar-refractivity contribution is -0.155. The van der Waals surface area contributed by atoms with Crippen molar-refractivity contribution in [2.24, 2.45) is 5.16 Å². The Morgan fingerprint density at radius 1 is 1.42 bits per heavy atom. The maximum Gasteiger partial charge on any atom is 0.363 e. The minimum Gasteiger partial charge on any atom is -0.398 e. The zero-order valence-electron chi connectivity index (χ0n) is 16.2. The number of carbonyl (C=O) groups excluding carboxylic acids is 4. The molecule has 17 heteroatoms. The molecule has 31 heavy (non-hydrogen) atoms. The molecule has 2 heterocycles. The zero-order chi connectivity index (χ0) is 23.5. The van der Waals surface area contributed by atoms with Crippen molar-refractivity contribution in [3.8, 4) is 0 Å². The molecule has 1 aromatic heterocycles. The molecular formula is C14H17ClN6O8S2. The third-order valence-corrected chi connectivity index (χ3v) is 5.70. The molecule has 1 fully saturated rings. The van der Waals surface area contributed by atoms with Gasteiger partial charge < -0.3 is 20.4 Å². The van der Waals surface area contributed by atoms with Gasteiger partial charge in [-0.25, -0.2) is 4.98 Å². The molecule has 4 amide bonds. The van der Waals surface area contributed by atoms with Gasteiger partial charge in [0.2, 0.25) is 11.8 Å². The van der Waals surface area contributed by atoms with Crippen LogP contribution < -0.4 is 10.6 Å². The molecule has 2 atom stereocenters. The van der Waals surface area contributed by atoms with Gasteiger partial charge in [-0.15, -0.1) is 22.9 Å². The summed E-state index contributed by atoms with van der Waals surface area (Å²) in [6.07, 6.45) is 0. The van der Waals surface area contributed by atoms with Gasteiger partial charge in [0.15, 0.2) is 16.9 Å². The van der Waals surface area contributed by atoms with Crippen LogP contribution in [-0.4, -0.2) is 95.7 Å². The summed E-state index contributed by atoms with van der Waals surface area (Å²) in [7, 11) is -1.29. The van der Waals surface area contributed by atoms with Crippen LogP contribution in [0.5, 0.6) is 0 Å². The van der Waals surface area contributed by atoms with E-state index in [0.717, 1.165) is 23.3 Å². The number of β-lactam (4-membered cyclic amide) rings is 1. The lowest BCUT2D eigenvalue weighted by Crippen LogP contribution is -2.75. The Labute approximate surface area is 185 Å². The number of carbonyl (C=O) groups is 4. The molecule has 2 rings (SSSR count). The Kier molecular flexibility index (Phi) is 7.53. The summed E-state index contributed by atoms with van der Waals surface area (Å²) in [6.45, 7) is 0. The minimum absolute atomic E-state index is 0.0317. The summed E-state index contributed by atoms with van der Waals surface area (Å²) in [5.41, 5.74) is -0.456. The number of hydrogen-bond donors (Lipinski definition) is 3. The topological polar surface area (TPSA) is 188 Å². The zero-order valence-corrected chi connectivity index (χ0v) is 18.6. The van der Waals surface area contributed by atoms with Crippen molar-refractivity contribution < 1.29 is 37.0 Å². The Hall–Kier alpha value is -2.82. The van der Waals surface area contributed by atoms with Crippen molar-refractivity contribution in [2.45, 2.75) is 12.1 Å². The van der Waals surface area contributed by atoms with E-state index in [1.807, 2.05) is 0 Å². The second-order valence-corrected chi connectivity index (χ2v) is 8.50. The number of anilines is 1. The lowest BCUT2D eigenvalue weighted by Gasteiger charge is -2.43. The fourth-order valence-electron chi connectivity index (χ4n) is 2.47. The number of alkyl halides is 1. The lowest BCUT2D eigenvalue weighted by atomic mass is 9.97. The molecule has 0 aliphatic carbocycles. The maximum absolute atomic E-state index is 12.7. The molecule has 1 aromatic rings. The fourth-order valence-corrected chi connectivity index (χ4v) is 4.08. The van der Waals surface area contributed by atoms with Gasteiger partial charge in [0, 0.05) is 19.5 Å². The Morgan fingerprint density at radius 3 is 2.58 bits per heavy atom. The molecule has 1 aliphatic rings. The number of nitrogens with one attached hydrogen (secondary N) is 2. The van der Waals surface area contributed by atoms with Crippen LogP contribution in [0.15, 0.2) is 10.5 Å².